The molecule has 1 aromatic rings. The van der Waals surface area contributed by atoms with Crippen molar-refractivity contribution in [1.29, 1.82) is 0 Å². The number of sulfonamides is 1. The molecule has 0 unspecified atom stereocenters. The first-order chi connectivity index (χ1) is 9.98. The molecule has 9 heteroatoms. The van der Waals surface area contributed by atoms with Crippen LogP contribution in [0.4, 0.5) is 0 Å². The van der Waals surface area contributed by atoms with Gasteiger partial charge in [0.1, 0.15) is 4.21 Å². The average Bonchev–Trinajstić information content (AvgIpc) is 2.97. The van der Waals surface area contributed by atoms with Crippen molar-refractivity contribution >= 4 is 27.3 Å². The van der Waals surface area contributed by atoms with Crippen LogP contribution in [0, 0.1) is 0 Å². The first-order valence-electron chi connectivity index (χ1n) is 6.43. The number of carbonyl (C=O) groups is 1. The zero-order valence-corrected chi connectivity index (χ0v) is 13.5. The van der Waals surface area contributed by atoms with E-state index in [0.717, 1.165) is 15.6 Å². The summed E-state index contributed by atoms with van der Waals surface area (Å²) < 4.78 is 30.5. The Labute approximate surface area is 128 Å². The molecule has 1 amide bonds. The quantitative estimate of drug-likeness (QED) is 0.581. The van der Waals surface area contributed by atoms with Gasteiger partial charge in [-0.15, -0.1) is 11.3 Å². The minimum absolute atomic E-state index is 0.0300. The molecule has 0 aliphatic heterocycles. The molecule has 7 nitrogen and oxygen atoms in total. The summed E-state index contributed by atoms with van der Waals surface area (Å²) in [4.78, 5) is 11.7. The molecule has 0 spiro atoms. The molecule has 0 saturated heterocycles. The Morgan fingerprint density at radius 2 is 2.24 bits per heavy atom. The highest BCUT2D eigenvalue weighted by molar-refractivity contribution is 7.91. The number of amides is 1. The maximum Gasteiger partial charge on any atom is 0.252 e. The number of nitrogens with zero attached hydrogens (tertiary/aromatic N) is 1. The van der Waals surface area contributed by atoms with E-state index >= 15 is 0 Å². The molecule has 0 bridgehead atoms. The van der Waals surface area contributed by atoms with Gasteiger partial charge in [0.25, 0.3) is 10.0 Å². The second kappa shape index (κ2) is 9.11. The van der Waals surface area contributed by atoms with Gasteiger partial charge in [0.2, 0.25) is 5.91 Å². The summed E-state index contributed by atoms with van der Waals surface area (Å²) in [5.74, 6) is -0.361. The smallest absolute Gasteiger partial charge is 0.252 e. The summed E-state index contributed by atoms with van der Waals surface area (Å²) in [6.45, 7) is 0.854. The van der Waals surface area contributed by atoms with Gasteiger partial charge < -0.3 is 15.2 Å². The predicted molar refractivity (Wildman–Crippen MR) is 79.7 cm³/mol. The lowest BCUT2D eigenvalue weighted by molar-refractivity contribution is -0.121. The Kier molecular flexibility index (Phi) is 7.83. The summed E-state index contributed by atoms with van der Waals surface area (Å²) >= 11 is 1.12. The third kappa shape index (κ3) is 6.10. The van der Waals surface area contributed by atoms with Crippen LogP contribution in [0.5, 0.6) is 0 Å². The lowest BCUT2D eigenvalue weighted by Gasteiger charge is -2.15. The van der Waals surface area contributed by atoms with Crippen molar-refractivity contribution in [3.8, 4) is 0 Å². The van der Waals surface area contributed by atoms with Gasteiger partial charge in [-0.3, -0.25) is 4.79 Å². The minimum Gasteiger partial charge on any atom is -0.394 e. The fraction of sp³-hybridized carbons (Fsp3) is 0.583. The van der Waals surface area contributed by atoms with Crippen molar-refractivity contribution in [2.45, 2.75) is 10.6 Å². The fourth-order valence-electron chi connectivity index (χ4n) is 1.48. The number of carbonyl (C=O) groups excluding carboxylic acids is 1. The molecule has 0 saturated carbocycles. The fourth-order valence-corrected chi connectivity index (χ4v) is 3.80. The van der Waals surface area contributed by atoms with E-state index in [0.29, 0.717) is 19.6 Å². The molecule has 21 heavy (non-hydrogen) atoms. The van der Waals surface area contributed by atoms with Crippen molar-refractivity contribution in [2.24, 2.45) is 0 Å². The van der Waals surface area contributed by atoms with Gasteiger partial charge >= 0.3 is 0 Å². The number of hydrogen-bond donors (Lipinski definition) is 2. The lowest BCUT2D eigenvalue weighted by Crippen LogP contribution is -2.38. The Bertz CT molecular complexity index is 516. The van der Waals surface area contributed by atoms with Gasteiger partial charge in [-0.05, 0) is 17.9 Å². The maximum atomic E-state index is 12.1. The first kappa shape index (κ1) is 18.1. The lowest BCUT2D eigenvalue weighted by atomic mass is 10.4. The van der Waals surface area contributed by atoms with E-state index in [2.05, 4.69) is 5.32 Å². The van der Waals surface area contributed by atoms with Crippen LogP contribution < -0.4 is 5.32 Å². The van der Waals surface area contributed by atoms with Crippen LogP contribution in [0.2, 0.25) is 0 Å². The highest BCUT2D eigenvalue weighted by atomic mass is 32.2. The van der Waals surface area contributed by atoms with Crippen LogP contribution in [-0.2, 0) is 19.6 Å². The van der Waals surface area contributed by atoms with Gasteiger partial charge in [-0.1, -0.05) is 6.07 Å². The SMILES string of the molecule is CN(CC(=O)NCCCOCCO)S(=O)(=O)c1cccs1. The van der Waals surface area contributed by atoms with Crippen LogP contribution in [0.25, 0.3) is 0 Å². The molecule has 0 aliphatic rings. The van der Waals surface area contributed by atoms with Crippen molar-refractivity contribution in [3.63, 3.8) is 0 Å². The zero-order valence-electron chi connectivity index (χ0n) is 11.8. The molecule has 1 rings (SSSR count). The molecular weight excluding hydrogens is 316 g/mol. The summed E-state index contributed by atoms with van der Waals surface area (Å²) in [6.07, 6.45) is 0.604. The monoisotopic (exact) mass is 336 g/mol. The van der Waals surface area contributed by atoms with E-state index in [9.17, 15) is 13.2 Å². The molecule has 0 fully saturated rings. The average molecular weight is 336 g/mol. The number of aliphatic hydroxyl groups is 1. The van der Waals surface area contributed by atoms with E-state index in [1.807, 2.05) is 0 Å². The molecule has 0 radical (unpaired) electrons. The van der Waals surface area contributed by atoms with Crippen LogP contribution in [0.15, 0.2) is 21.7 Å². The topological polar surface area (TPSA) is 95.9 Å². The van der Waals surface area contributed by atoms with Gasteiger partial charge in [0.15, 0.2) is 0 Å². The minimum atomic E-state index is -3.59. The van der Waals surface area contributed by atoms with Crippen molar-refractivity contribution in [3.05, 3.63) is 17.5 Å². The zero-order chi connectivity index (χ0) is 15.7. The molecule has 0 atom stereocenters. The third-order valence-electron chi connectivity index (χ3n) is 2.55. The number of nitrogens with one attached hydrogen (secondary N) is 1. The van der Waals surface area contributed by atoms with Crippen LogP contribution in [0.1, 0.15) is 6.42 Å². The second-order valence-corrected chi connectivity index (χ2v) is 7.45. The number of aliphatic hydroxyl groups excluding tert-OH is 1. The summed E-state index contributed by atoms with van der Waals surface area (Å²) in [6, 6.07) is 3.16. The van der Waals surface area contributed by atoms with Crippen LogP contribution >= 0.6 is 11.3 Å². The van der Waals surface area contributed by atoms with Crippen LogP contribution in [-0.4, -0.2) is 63.7 Å². The van der Waals surface area contributed by atoms with Crippen molar-refractivity contribution in [2.75, 3.05) is 40.0 Å². The van der Waals surface area contributed by atoms with E-state index in [1.54, 1.807) is 11.4 Å². The Morgan fingerprint density at radius 3 is 2.86 bits per heavy atom. The van der Waals surface area contributed by atoms with Crippen molar-refractivity contribution in [1.82, 2.24) is 9.62 Å². The van der Waals surface area contributed by atoms with E-state index < -0.39 is 10.0 Å². The van der Waals surface area contributed by atoms with Gasteiger partial charge in [0, 0.05) is 20.2 Å². The summed E-state index contributed by atoms with van der Waals surface area (Å²) in [7, 11) is -2.22. The number of thiophene rings is 1. The highest BCUT2D eigenvalue weighted by Crippen LogP contribution is 2.19. The molecule has 0 aliphatic carbocycles. The maximum absolute atomic E-state index is 12.1. The standard InChI is InChI=1S/C12H20N2O5S2/c1-14(21(17,18)12-4-2-9-20-12)10-11(16)13-5-3-7-19-8-6-15/h2,4,9,15H,3,5-8,10H2,1H3,(H,13,16). The van der Waals surface area contributed by atoms with Gasteiger partial charge in [-0.25, -0.2) is 8.42 Å². The number of hydrogen-bond acceptors (Lipinski definition) is 6. The molecule has 2 N–H and O–H groups in total. The number of ether oxygens (including phenoxy) is 1. The van der Waals surface area contributed by atoms with E-state index in [4.69, 9.17) is 9.84 Å². The molecule has 0 aromatic carbocycles. The summed E-state index contributed by atoms with van der Waals surface area (Å²) in [5, 5.41) is 12.8. The van der Waals surface area contributed by atoms with Gasteiger partial charge in [-0.2, -0.15) is 4.31 Å². The van der Waals surface area contributed by atoms with E-state index in [1.165, 1.54) is 13.1 Å². The first-order valence-corrected chi connectivity index (χ1v) is 8.75. The van der Waals surface area contributed by atoms with E-state index in [-0.39, 0.29) is 29.9 Å². The highest BCUT2D eigenvalue weighted by Gasteiger charge is 2.23. The van der Waals surface area contributed by atoms with Gasteiger partial charge in [0.05, 0.1) is 19.8 Å². The predicted octanol–water partition coefficient (Wildman–Crippen LogP) is -0.116. The number of rotatable bonds is 10. The Hall–Kier alpha value is -1.00. The molecule has 120 valence electrons. The second-order valence-electron chi connectivity index (χ2n) is 4.23. The normalized spacial score (nSPS) is 11.8. The number of likely N-dealkylation sites (N-methyl/N-ethyl adjacent to an activating group) is 1. The third-order valence-corrected chi connectivity index (χ3v) is 5.73. The Morgan fingerprint density at radius 1 is 1.48 bits per heavy atom. The largest absolute Gasteiger partial charge is 0.394 e. The Balaban J connectivity index is 2.31. The molecule has 1 heterocycles. The summed E-state index contributed by atoms with van der Waals surface area (Å²) in [5.41, 5.74) is 0. The molecular formula is C12H20N2O5S2. The van der Waals surface area contributed by atoms with Crippen LogP contribution in [0.3, 0.4) is 0 Å². The molecule has 1 aromatic heterocycles. The van der Waals surface area contributed by atoms with Crippen molar-refractivity contribution < 1.29 is 23.1 Å².